The second-order valence-electron chi connectivity index (χ2n) is 28.6. The summed E-state index contributed by atoms with van der Waals surface area (Å²) in [5, 5.41) is 0. The Balaban J connectivity index is 0.000000178. The minimum absolute atomic E-state index is 0.0694. The molecule has 0 aliphatic carbocycles. The van der Waals surface area contributed by atoms with Gasteiger partial charge in [-0.1, -0.05) is 76.2 Å². The summed E-state index contributed by atoms with van der Waals surface area (Å²) < 4.78 is 32.2. The Bertz CT molecular complexity index is 4790. The molecule has 0 saturated carbocycles. The fourth-order valence-electron chi connectivity index (χ4n) is 14.8. The number of carbonyl (C=O) groups is 14. The summed E-state index contributed by atoms with van der Waals surface area (Å²) in [4.78, 5) is 188. The molecule has 112 heavy (non-hydrogen) atoms. The topological polar surface area (TPSA) is 327 Å². The van der Waals surface area contributed by atoms with Gasteiger partial charge in [0.25, 0.3) is 35.4 Å². The number of anilines is 7. The van der Waals surface area contributed by atoms with Gasteiger partial charge in [0.05, 0.1) is 83.3 Å². The maximum Gasteiger partial charge on any atom is 0.258 e. The quantitative estimate of drug-likeness (QED) is 0.0462. The average Bonchev–Trinajstić information content (AvgIpc) is 1.59. The van der Waals surface area contributed by atoms with E-state index < -0.39 is 94.6 Å². The maximum atomic E-state index is 14.1. The van der Waals surface area contributed by atoms with Crippen LogP contribution in [0.25, 0.3) is 0 Å². The Hall–Kier alpha value is -13.0. The van der Waals surface area contributed by atoms with Crippen LogP contribution < -0.4 is 48.5 Å². The number of imide groups is 7. The molecule has 7 aromatic carbocycles. The Morgan fingerprint density at radius 2 is 0.420 bits per heavy atom. The highest BCUT2D eigenvalue weighted by molar-refractivity contribution is 6.31. The van der Waals surface area contributed by atoms with Crippen molar-refractivity contribution in [3.63, 3.8) is 0 Å². The summed E-state index contributed by atoms with van der Waals surface area (Å²) >= 11 is 0. The molecule has 568 valence electrons. The lowest BCUT2D eigenvalue weighted by atomic mass is 9.78. The lowest BCUT2D eigenvalue weighted by Crippen LogP contribution is -2.37. The molecule has 7 saturated heterocycles. The van der Waals surface area contributed by atoms with E-state index in [0.717, 1.165) is 63.2 Å². The van der Waals surface area contributed by atoms with Crippen LogP contribution in [0.4, 0.5) is 39.8 Å². The summed E-state index contributed by atoms with van der Waals surface area (Å²) in [6.07, 6.45) is 8.95. The molecule has 0 aromatic heterocycles. The summed E-state index contributed by atoms with van der Waals surface area (Å²) in [5.41, 5.74) is 6.72. The van der Waals surface area contributed by atoms with Crippen LogP contribution >= 0.6 is 0 Å². The molecule has 27 nitrogen and oxygen atoms in total. The number of amides is 14. The second kappa shape index (κ2) is 30.8. The van der Waals surface area contributed by atoms with Crippen molar-refractivity contribution < 1.29 is 95.5 Å². The third kappa shape index (κ3) is 15.0. The van der Waals surface area contributed by atoms with Crippen LogP contribution in [0.5, 0.6) is 17.2 Å². The summed E-state index contributed by atoms with van der Waals surface area (Å²) in [5.74, 6) is -11.6. The maximum absolute atomic E-state index is 14.1. The van der Waals surface area contributed by atoms with Crippen LogP contribution in [0.1, 0.15) is 49.9 Å². The van der Waals surface area contributed by atoms with Crippen molar-refractivity contribution in [3.05, 3.63) is 229 Å². The van der Waals surface area contributed by atoms with Crippen molar-refractivity contribution in [1.29, 1.82) is 0 Å². The summed E-state index contributed by atoms with van der Waals surface area (Å²) in [6.45, 7) is 9.85. The van der Waals surface area contributed by atoms with Gasteiger partial charge in [-0.05, 0) is 156 Å². The molecule has 7 aromatic rings. The second-order valence-corrected chi connectivity index (χ2v) is 28.6. The van der Waals surface area contributed by atoms with Gasteiger partial charge in [0.2, 0.25) is 47.3 Å². The van der Waals surface area contributed by atoms with Crippen molar-refractivity contribution in [1.82, 2.24) is 0 Å². The molecular formula is C85H73N7O20. The molecule has 14 amide bonds. The van der Waals surface area contributed by atoms with Crippen LogP contribution in [0.15, 0.2) is 206 Å². The van der Waals surface area contributed by atoms with Crippen LogP contribution in [-0.2, 0) is 94.2 Å². The molecule has 0 N–H and O–H groups in total. The molecule has 0 bridgehead atoms. The van der Waals surface area contributed by atoms with Crippen molar-refractivity contribution in [2.75, 3.05) is 73.9 Å². The van der Waals surface area contributed by atoms with E-state index in [9.17, 15) is 67.1 Å². The van der Waals surface area contributed by atoms with Gasteiger partial charge in [0, 0.05) is 60.1 Å². The van der Waals surface area contributed by atoms with E-state index in [0.29, 0.717) is 103 Å². The highest BCUT2D eigenvalue weighted by atomic mass is 16.6. The van der Waals surface area contributed by atoms with Crippen LogP contribution in [0.3, 0.4) is 0 Å². The highest BCUT2D eigenvalue weighted by Gasteiger charge is 2.60. The van der Waals surface area contributed by atoms with E-state index in [2.05, 4.69) is 0 Å². The van der Waals surface area contributed by atoms with Crippen molar-refractivity contribution in [3.8, 4) is 17.2 Å². The largest absolute Gasteiger partial charge is 0.491 e. The smallest absolute Gasteiger partial charge is 0.258 e. The van der Waals surface area contributed by atoms with Gasteiger partial charge in [0.15, 0.2) is 0 Å². The molecule has 0 radical (unpaired) electrons. The minimum Gasteiger partial charge on any atom is -0.491 e. The number of hydrogen-bond donors (Lipinski definition) is 0. The number of hydrogen-bond acceptors (Lipinski definition) is 20. The van der Waals surface area contributed by atoms with Gasteiger partial charge in [-0.3, -0.25) is 86.7 Å². The lowest BCUT2D eigenvalue weighted by Gasteiger charge is -2.21. The predicted octanol–water partition coefficient (Wildman–Crippen LogP) is 7.76. The molecule has 10 heterocycles. The lowest BCUT2D eigenvalue weighted by molar-refractivity contribution is -0.130. The zero-order chi connectivity index (χ0) is 78.5. The Labute approximate surface area is 641 Å². The van der Waals surface area contributed by atoms with Crippen LogP contribution in [0.2, 0.25) is 0 Å². The van der Waals surface area contributed by atoms with E-state index in [4.69, 9.17) is 28.4 Å². The average molecular weight is 1510 g/mol. The highest BCUT2D eigenvalue weighted by Crippen LogP contribution is 2.46. The Morgan fingerprint density at radius 1 is 0.250 bits per heavy atom. The van der Waals surface area contributed by atoms with Gasteiger partial charge in [-0.15, -0.1) is 0 Å². The SMILES string of the molecule is CC1C(=O)N(c2ccc(Cc3ccc(N4C(=O)C(C)C(C5C(=O)N(c6ccc(OCC7CO7)cc6)C(=O)C5C)C4=O)cc3)cc2)C(=O)C1C1C(=O)N(c2ccc(OCC3CO3)cc2)C(=O)C1C.O=C1C=CC(=O)N1c1ccc(Cc2ccc(N3C(=O)C=CC3=O)cc2)cc1.O=C1C=CC(=O)N1c1ccc(OCC2CO2)cc1. The summed E-state index contributed by atoms with van der Waals surface area (Å²) in [7, 11) is 0. The number of carbonyl (C=O) groups excluding carboxylic acids is 14. The number of ether oxygens (including phenoxy) is 6. The summed E-state index contributed by atoms with van der Waals surface area (Å²) in [6, 6.07) is 48.2. The van der Waals surface area contributed by atoms with Crippen molar-refractivity contribution in [2.24, 2.45) is 47.3 Å². The molecule has 10 aliphatic rings. The van der Waals surface area contributed by atoms with E-state index in [1.165, 1.54) is 36.5 Å². The Kier molecular flexibility index (Phi) is 20.5. The number of rotatable bonds is 22. The first kappa shape index (κ1) is 74.5. The van der Waals surface area contributed by atoms with Crippen molar-refractivity contribution in [2.45, 2.75) is 58.8 Å². The molecule has 0 spiro atoms. The molecule has 11 atom stereocenters. The molecule has 7 fully saturated rings. The van der Waals surface area contributed by atoms with Crippen molar-refractivity contribution >= 4 is 123 Å². The van der Waals surface area contributed by atoms with Gasteiger partial charge in [-0.25, -0.2) is 14.7 Å². The third-order valence-electron chi connectivity index (χ3n) is 21.2. The first-order chi connectivity index (χ1) is 54.0. The van der Waals surface area contributed by atoms with E-state index in [1.807, 2.05) is 24.3 Å². The number of epoxide rings is 3. The van der Waals surface area contributed by atoms with Gasteiger partial charge < -0.3 is 28.4 Å². The fraction of sp³-hybridized carbons (Fsp3) is 0.271. The normalized spacial score (nSPS) is 24.9. The fourth-order valence-corrected chi connectivity index (χ4v) is 14.8. The van der Waals surface area contributed by atoms with E-state index in [-0.39, 0.29) is 53.8 Å². The zero-order valence-corrected chi connectivity index (χ0v) is 60.9. The molecule has 17 rings (SSSR count). The van der Waals surface area contributed by atoms with Gasteiger partial charge in [-0.2, -0.15) is 0 Å². The van der Waals surface area contributed by atoms with E-state index >= 15 is 0 Å². The van der Waals surface area contributed by atoms with Crippen LogP contribution in [-0.4, -0.2) is 141 Å². The molecule has 11 unspecified atom stereocenters. The van der Waals surface area contributed by atoms with Crippen LogP contribution in [0, 0.1) is 47.3 Å². The predicted molar refractivity (Wildman–Crippen MR) is 402 cm³/mol. The third-order valence-corrected chi connectivity index (χ3v) is 21.2. The van der Waals surface area contributed by atoms with E-state index in [1.54, 1.807) is 173 Å². The monoisotopic (exact) mass is 1510 g/mol. The van der Waals surface area contributed by atoms with Gasteiger partial charge >= 0.3 is 0 Å². The Morgan fingerprint density at radius 3 is 0.598 bits per heavy atom. The standard InChI is InChI=1S/C51H48N4O12.C21H14N2O4.C13H11NO4/c1-26-40(42-28(3)46(58)54(50(42)62)34-13-17-36(18-14-34)64-22-38-24-66-38)48(60)52(44(26)56)32-9-5-30(6-10-32)21-31-7-11-33(12-8-31)53-45(57)27(2)41(49(53)61)43-29(4)47(59)55(51(43)63)35-15-19-37(20-16-35)65-23-39-25-67-39;24-18-9-10-19(25)22(18)16-5-1-14(2-6-16)13-15-3-7-17(8-4-15)23-20(26)11-12-21(23)27;15-12-5-6-13(16)14(12)9-1-3-10(4-2-9)17-7-11-8-18-11/h5-20,26-29,38-43H,21-25H2,1-4H3;1-12H,13H2;1-6,11H,7-8H2. The zero-order valence-electron chi connectivity index (χ0n) is 60.9. The van der Waals surface area contributed by atoms with Gasteiger partial charge in [0.1, 0.15) is 55.4 Å². The first-order valence-electron chi connectivity index (χ1n) is 36.6. The minimum atomic E-state index is -1.04. The first-order valence-corrected chi connectivity index (χ1v) is 36.6. The molecular weight excluding hydrogens is 1440 g/mol. The molecule has 27 heteroatoms. The number of benzene rings is 7. The molecule has 10 aliphatic heterocycles. The number of nitrogens with zero attached hydrogens (tertiary/aromatic N) is 7.